The number of ether oxygens (including phenoxy) is 1. The SMILES string of the molecule is N#Cc1ccccc1NCC1CCOC1. The normalized spacial score (nSPS) is 19.8. The zero-order valence-electron chi connectivity index (χ0n) is 8.57. The lowest BCUT2D eigenvalue weighted by Gasteiger charge is -2.11. The summed E-state index contributed by atoms with van der Waals surface area (Å²) < 4.78 is 5.30. The molecular formula is C12H14N2O. The van der Waals surface area contributed by atoms with Gasteiger partial charge in [-0.1, -0.05) is 12.1 Å². The van der Waals surface area contributed by atoms with Crippen LogP contribution < -0.4 is 5.32 Å². The largest absolute Gasteiger partial charge is 0.384 e. The molecule has 1 aliphatic rings. The third-order valence-electron chi connectivity index (χ3n) is 2.65. The van der Waals surface area contributed by atoms with Crippen LogP contribution in [0.2, 0.25) is 0 Å². The fourth-order valence-corrected chi connectivity index (χ4v) is 1.73. The molecule has 1 unspecified atom stereocenters. The third-order valence-corrected chi connectivity index (χ3v) is 2.65. The summed E-state index contributed by atoms with van der Waals surface area (Å²) in [5, 5.41) is 12.2. The zero-order chi connectivity index (χ0) is 10.5. The van der Waals surface area contributed by atoms with Crippen LogP contribution in [-0.4, -0.2) is 19.8 Å². The number of hydrogen-bond donors (Lipinski definition) is 1. The standard InChI is InChI=1S/C12H14N2O/c13-7-11-3-1-2-4-12(11)14-8-10-5-6-15-9-10/h1-4,10,14H,5-6,8-9H2. The number of nitrogens with zero attached hydrogens (tertiary/aromatic N) is 1. The summed E-state index contributed by atoms with van der Waals surface area (Å²) in [5.74, 6) is 0.580. The average Bonchev–Trinajstić information content (AvgIpc) is 2.79. The van der Waals surface area contributed by atoms with Gasteiger partial charge in [-0.25, -0.2) is 0 Å². The highest BCUT2D eigenvalue weighted by Gasteiger charge is 2.15. The van der Waals surface area contributed by atoms with Crippen molar-refractivity contribution >= 4 is 5.69 Å². The first-order valence-electron chi connectivity index (χ1n) is 5.21. The summed E-state index contributed by atoms with van der Waals surface area (Å²) >= 11 is 0. The first-order chi connectivity index (χ1) is 7.40. The van der Waals surface area contributed by atoms with Gasteiger partial charge in [-0.2, -0.15) is 5.26 Å². The molecule has 0 amide bonds. The van der Waals surface area contributed by atoms with Gasteiger partial charge in [0, 0.05) is 19.1 Å². The Morgan fingerprint density at radius 3 is 3.07 bits per heavy atom. The van der Waals surface area contributed by atoms with Crippen molar-refractivity contribution in [3.63, 3.8) is 0 Å². The van der Waals surface area contributed by atoms with Crippen molar-refractivity contribution in [1.82, 2.24) is 0 Å². The van der Waals surface area contributed by atoms with Crippen LogP contribution in [0.25, 0.3) is 0 Å². The predicted molar refractivity (Wildman–Crippen MR) is 58.6 cm³/mol. The Hall–Kier alpha value is -1.53. The molecule has 0 aromatic heterocycles. The van der Waals surface area contributed by atoms with Crippen LogP contribution in [0.5, 0.6) is 0 Å². The van der Waals surface area contributed by atoms with Gasteiger partial charge >= 0.3 is 0 Å². The van der Waals surface area contributed by atoms with Crippen molar-refractivity contribution in [1.29, 1.82) is 5.26 Å². The van der Waals surface area contributed by atoms with Crippen LogP contribution >= 0.6 is 0 Å². The van der Waals surface area contributed by atoms with Gasteiger partial charge in [0.15, 0.2) is 0 Å². The van der Waals surface area contributed by atoms with Gasteiger partial charge in [0.05, 0.1) is 17.9 Å². The van der Waals surface area contributed by atoms with Gasteiger partial charge in [-0.3, -0.25) is 0 Å². The molecule has 0 aliphatic carbocycles. The van der Waals surface area contributed by atoms with E-state index in [4.69, 9.17) is 10.00 Å². The zero-order valence-corrected chi connectivity index (χ0v) is 8.57. The van der Waals surface area contributed by atoms with Crippen LogP contribution in [0, 0.1) is 17.2 Å². The number of benzene rings is 1. The molecule has 1 aromatic carbocycles. The lowest BCUT2D eigenvalue weighted by molar-refractivity contribution is 0.187. The molecule has 78 valence electrons. The second-order valence-corrected chi connectivity index (χ2v) is 3.77. The van der Waals surface area contributed by atoms with E-state index in [1.165, 1.54) is 0 Å². The Bertz CT molecular complexity index is 364. The summed E-state index contributed by atoms with van der Waals surface area (Å²) in [6, 6.07) is 9.76. The van der Waals surface area contributed by atoms with E-state index in [-0.39, 0.29) is 0 Å². The topological polar surface area (TPSA) is 45.0 Å². The third kappa shape index (κ3) is 2.48. The molecule has 0 radical (unpaired) electrons. The monoisotopic (exact) mass is 202 g/mol. The second-order valence-electron chi connectivity index (χ2n) is 3.77. The molecule has 1 aliphatic heterocycles. The first-order valence-corrected chi connectivity index (χ1v) is 5.21. The van der Waals surface area contributed by atoms with E-state index < -0.39 is 0 Å². The molecular weight excluding hydrogens is 188 g/mol. The van der Waals surface area contributed by atoms with Gasteiger partial charge < -0.3 is 10.1 Å². The minimum Gasteiger partial charge on any atom is -0.384 e. The Morgan fingerprint density at radius 1 is 1.47 bits per heavy atom. The second kappa shape index (κ2) is 4.81. The fraction of sp³-hybridized carbons (Fsp3) is 0.417. The smallest absolute Gasteiger partial charge is 0.101 e. The molecule has 0 bridgehead atoms. The van der Waals surface area contributed by atoms with Crippen molar-refractivity contribution in [3.8, 4) is 6.07 Å². The van der Waals surface area contributed by atoms with Gasteiger partial charge in [0.2, 0.25) is 0 Å². The summed E-state index contributed by atoms with van der Waals surface area (Å²) in [6.07, 6.45) is 1.11. The van der Waals surface area contributed by atoms with E-state index in [2.05, 4.69) is 11.4 Å². The van der Waals surface area contributed by atoms with Gasteiger partial charge in [0.1, 0.15) is 6.07 Å². The van der Waals surface area contributed by atoms with Crippen LogP contribution in [0.15, 0.2) is 24.3 Å². The summed E-state index contributed by atoms with van der Waals surface area (Å²) in [4.78, 5) is 0. The highest BCUT2D eigenvalue weighted by Crippen LogP contribution is 2.17. The molecule has 0 spiro atoms. The van der Waals surface area contributed by atoms with E-state index >= 15 is 0 Å². The molecule has 1 heterocycles. The van der Waals surface area contributed by atoms with E-state index in [1.54, 1.807) is 0 Å². The Morgan fingerprint density at radius 2 is 2.33 bits per heavy atom. The van der Waals surface area contributed by atoms with E-state index in [0.29, 0.717) is 11.5 Å². The Labute approximate surface area is 89.7 Å². The first kappa shape index (κ1) is 10.0. The highest BCUT2D eigenvalue weighted by molar-refractivity contribution is 5.57. The van der Waals surface area contributed by atoms with Crippen LogP contribution in [-0.2, 0) is 4.74 Å². The van der Waals surface area contributed by atoms with Crippen molar-refractivity contribution < 1.29 is 4.74 Å². The van der Waals surface area contributed by atoms with E-state index in [9.17, 15) is 0 Å². The maximum atomic E-state index is 8.90. The molecule has 3 nitrogen and oxygen atoms in total. The maximum Gasteiger partial charge on any atom is 0.101 e. The molecule has 3 heteroatoms. The number of anilines is 1. The Balaban J connectivity index is 1.95. The predicted octanol–water partition coefficient (Wildman–Crippen LogP) is 2.01. The number of nitriles is 1. The van der Waals surface area contributed by atoms with Crippen molar-refractivity contribution in [2.45, 2.75) is 6.42 Å². The molecule has 1 saturated heterocycles. The molecule has 1 atom stereocenters. The van der Waals surface area contributed by atoms with Crippen molar-refractivity contribution in [2.75, 3.05) is 25.1 Å². The van der Waals surface area contributed by atoms with Crippen LogP contribution in [0.4, 0.5) is 5.69 Å². The molecule has 0 saturated carbocycles. The van der Waals surface area contributed by atoms with Gasteiger partial charge in [0.25, 0.3) is 0 Å². The van der Waals surface area contributed by atoms with E-state index in [1.807, 2.05) is 24.3 Å². The van der Waals surface area contributed by atoms with Crippen LogP contribution in [0.1, 0.15) is 12.0 Å². The summed E-state index contributed by atoms with van der Waals surface area (Å²) in [7, 11) is 0. The Kier molecular flexibility index (Phi) is 3.21. The molecule has 15 heavy (non-hydrogen) atoms. The lowest BCUT2D eigenvalue weighted by Crippen LogP contribution is -2.14. The summed E-state index contributed by atoms with van der Waals surface area (Å²) in [6.45, 7) is 2.59. The number of para-hydroxylation sites is 1. The van der Waals surface area contributed by atoms with Crippen molar-refractivity contribution in [3.05, 3.63) is 29.8 Å². The summed E-state index contributed by atoms with van der Waals surface area (Å²) in [5.41, 5.74) is 1.63. The molecule has 1 fully saturated rings. The lowest BCUT2D eigenvalue weighted by atomic mass is 10.1. The molecule has 1 N–H and O–H groups in total. The number of rotatable bonds is 3. The average molecular weight is 202 g/mol. The van der Waals surface area contributed by atoms with Gasteiger partial charge in [-0.15, -0.1) is 0 Å². The number of hydrogen-bond acceptors (Lipinski definition) is 3. The minimum atomic E-state index is 0.580. The van der Waals surface area contributed by atoms with E-state index in [0.717, 1.165) is 31.9 Å². The highest BCUT2D eigenvalue weighted by atomic mass is 16.5. The van der Waals surface area contributed by atoms with Crippen LogP contribution in [0.3, 0.4) is 0 Å². The number of nitrogens with one attached hydrogen (secondary N) is 1. The quantitative estimate of drug-likeness (QED) is 0.815. The fourth-order valence-electron chi connectivity index (χ4n) is 1.73. The molecule has 2 rings (SSSR count). The van der Waals surface area contributed by atoms with Gasteiger partial charge in [-0.05, 0) is 18.6 Å². The minimum absolute atomic E-state index is 0.580. The molecule has 1 aromatic rings. The van der Waals surface area contributed by atoms with Crippen molar-refractivity contribution in [2.24, 2.45) is 5.92 Å². The maximum absolute atomic E-state index is 8.90.